The highest BCUT2D eigenvalue weighted by atomic mass is 35.5. The highest BCUT2D eigenvalue weighted by Crippen LogP contribution is 2.35. The number of aromatic nitrogens is 3. The Hall–Kier alpha value is -2.59. The average Bonchev–Trinajstić information content (AvgIpc) is 3.02. The molecule has 4 nitrogen and oxygen atoms in total. The molecule has 0 N–H and O–H groups in total. The highest BCUT2D eigenvalue weighted by Gasteiger charge is 2.31. The van der Waals surface area contributed by atoms with E-state index < -0.39 is 29.4 Å². The Morgan fingerprint density at radius 1 is 1.21 bits per heavy atom. The zero-order chi connectivity index (χ0) is 21.1. The molecule has 4 aromatic rings. The Morgan fingerprint density at radius 3 is 2.59 bits per heavy atom. The minimum atomic E-state index is -4.62. The van der Waals surface area contributed by atoms with Gasteiger partial charge in [-0.3, -0.25) is 9.36 Å². The summed E-state index contributed by atoms with van der Waals surface area (Å²) in [5, 5.41) is 0.380. The average molecular weight is 446 g/mol. The molecule has 0 radical (unpaired) electrons. The van der Waals surface area contributed by atoms with E-state index in [2.05, 4.69) is 9.97 Å². The van der Waals surface area contributed by atoms with Crippen molar-refractivity contribution in [2.75, 3.05) is 0 Å². The molecule has 150 valence electrons. The number of benzene rings is 1. The molecule has 0 unspecified atom stereocenters. The van der Waals surface area contributed by atoms with Crippen LogP contribution in [-0.2, 0) is 6.18 Å². The van der Waals surface area contributed by atoms with Gasteiger partial charge in [0.2, 0.25) is 0 Å². The zero-order valence-electron chi connectivity index (χ0n) is 14.4. The summed E-state index contributed by atoms with van der Waals surface area (Å²) in [6.45, 7) is 1.60. The molecule has 0 saturated heterocycles. The van der Waals surface area contributed by atoms with E-state index in [-0.39, 0.29) is 25.8 Å². The lowest BCUT2D eigenvalue weighted by molar-refractivity contribution is -0.137. The van der Waals surface area contributed by atoms with Crippen LogP contribution in [0, 0.1) is 6.92 Å². The lowest BCUT2D eigenvalue weighted by atomic mass is 10.1. The fraction of sp³-hybridized carbons (Fsp3) is 0.167. The number of fused-ring (bicyclic) bond motifs is 3. The molecule has 3 aromatic heterocycles. The van der Waals surface area contributed by atoms with Crippen molar-refractivity contribution in [1.82, 2.24) is 14.5 Å². The van der Waals surface area contributed by atoms with Gasteiger partial charge in [0.05, 0.1) is 21.8 Å². The molecule has 0 fully saturated rings. The molecule has 3 heterocycles. The van der Waals surface area contributed by atoms with Crippen molar-refractivity contribution in [3.8, 4) is 5.69 Å². The van der Waals surface area contributed by atoms with Gasteiger partial charge in [0.15, 0.2) is 0 Å². The van der Waals surface area contributed by atoms with E-state index in [4.69, 9.17) is 11.6 Å². The van der Waals surface area contributed by atoms with Crippen LogP contribution in [0.3, 0.4) is 0 Å². The maximum Gasteiger partial charge on any atom is 0.416 e. The van der Waals surface area contributed by atoms with Crippen molar-refractivity contribution in [2.24, 2.45) is 0 Å². The van der Waals surface area contributed by atoms with Gasteiger partial charge >= 0.3 is 6.18 Å². The molecule has 1 aromatic carbocycles. The maximum absolute atomic E-state index is 13.0. The van der Waals surface area contributed by atoms with Crippen LogP contribution in [0.4, 0.5) is 22.0 Å². The van der Waals surface area contributed by atoms with E-state index in [0.717, 1.165) is 40.4 Å². The first-order chi connectivity index (χ1) is 13.6. The second kappa shape index (κ2) is 6.74. The first kappa shape index (κ1) is 19.7. The number of hydrogen-bond donors (Lipinski definition) is 0. The Balaban J connectivity index is 2.00. The quantitative estimate of drug-likeness (QED) is 0.360. The third kappa shape index (κ3) is 3.25. The molecule has 4 rings (SSSR count). The summed E-state index contributed by atoms with van der Waals surface area (Å²) in [7, 11) is 0. The zero-order valence-corrected chi connectivity index (χ0v) is 16.0. The number of thiophene rings is 1. The van der Waals surface area contributed by atoms with Crippen LogP contribution in [0.5, 0.6) is 0 Å². The highest BCUT2D eigenvalue weighted by molar-refractivity contribution is 7.25. The minimum Gasteiger partial charge on any atom is -0.267 e. The van der Waals surface area contributed by atoms with Crippen LogP contribution in [0.2, 0.25) is 5.02 Å². The molecule has 29 heavy (non-hydrogen) atoms. The number of alkyl halides is 5. The fourth-order valence-corrected chi connectivity index (χ4v) is 4.34. The molecule has 0 aliphatic carbocycles. The van der Waals surface area contributed by atoms with Crippen molar-refractivity contribution < 1.29 is 22.0 Å². The first-order valence-electron chi connectivity index (χ1n) is 8.04. The van der Waals surface area contributed by atoms with Crippen LogP contribution in [-0.4, -0.2) is 14.5 Å². The van der Waals surface area contributed by atoms with Crippen molar-refractivity contribution >= 4 is 43.4 Å². The lowest BCUT2D eigenvalue weighted by Crippen LogP contribution is -2.19. The molecule has 0 amide bonds. The summed E-state index contributed by atoms with van der Waals surface area (Å²) in [6.07, 6.45) is -6.33. The van der Waals surface area contributed by atoms with Crippen molar-refractivity contribution in [3.63, 3.8) is 0 Å². The third-order valence-electron chi connectivity index (χ3n) is 4.33. The maximum atomic E-state index is 13.0. The van der Waals surface area contributed by atoms with Crippen LogP contribution >= 0.6 is 22.9 Å². The molecule has 11 heteroatoms. The lowest BCUT2D eigenvalue weighted by Gasteiger charge is -2.12. The molecule has 0 atom stereocenters. The van der Waals surface area contributed by atoms with Gasteiger partial charge in [0, 0.05) is 5.39 Å². The van der Waals surface area contributed by atoms with Gasteiger partial charge in [-0.25, -0.2) is 18.7 Å². The number of halogens is 6. The normalized spacial score (nSPS) is 12.4. The van der Waals surface area contributed by atoms with Gasteiger partial charge < -0.3 is 0 Å². The molecule has 0 bridgehead atoms. The monoisotopic (exact) mass is 445 g/mol. The van der Waals surface area contributed by atoms with Crippen LogP contribution in [0.1, 0.15) is 23.2 Å². The van der Waals surface area contributed by atoms with Gasteiger partial charge in [0.25, 0.3) is 12.0 Å². The third-order valence-corrected chi connectivity index (χ3v) is 5.71. The molecule has 0 aliphatic heterocycles. The Bertz CT molecular complexity index is 1330. The van der Waals surface area contributed by atoms with E-state index in [0.29, 0.717) is 10.9 Å². The molecule has 0 aliphatic rings. The van der Waals surface area contributed by atoms with Crippen LogP contribution < -0.4 is 5.56 Å². The Kier molecular flexibility index (Phi) is 4.58. The number of pyridine rings is 1. The molecule has 0 spiro atoms. The van der Waals surface area contributed by atoms with Gasteiger partial charge in [0.1, 0.15) is 21.6 Å². The molecular weight excluding hydrogens is 437 g/mol. The van der Waals surface area contributed by atoms with Crippen molar-refractivity contribution in [1.29, 1.82) is 0 Å². The first-order valence-corrected chi connectivity index (χ1v) is 9.24. The number of nitrogens with zero attached hydrogens (tertiary/aromatic N) is 3. The SMILES string of the molecule is Cc1cc(C(F)F)nc2sc3c(=O)n(-c4cc(C(F)(F)F)ccc4Cl)cnc3c12. The second-order valence-corrected chi connectivity index (χ2v) is 7.61. The topological polar surface area (TPSA) is 47.8 Å². The Labute approximate surface area is 168 Å². The van der Waals surface area contributed by atoms with Gasteiger partial charge in [-0.1, -0.05) is 11.6 Å². The van der Waals surface area contributed by atoms with E-state index in [1.165, 1.54) is 6.07 Å². The molecule has 0 saturated carbocycles. The number of hydrogen-bond acceptors (Lipinski definition) is 4. The van der Waals surface area contributed by atoms with Crippen LogP contribution in [0.15, 0.2) is 35.4 Å². The van der Waals surface area contributed by atoms with Gasteiger partial charge in [-0.15, -0.1) is 11.3 Å². The van der Waals surface area contributed by atoms with Crippen molar-refractivity contribution in [2.45, 2.75) is 19.5 Å². The van der Waals surface area contributed by atoms with Crippen LogP contribution in [0.25, 0.3) is 26.1 Å². The summed E-state index contributed by atoms with van der Waals surface area (Å²) >= 11 is 6.87. The van der Waals surface area contributed by atoms with E-state index in [1.54, 1.807) is 6.92 Å². The van der Waals surface area contributed by atoms with Gasteiger partial charge in [-0.05, 0) is 36.8 Å². The van der Waals surface area contributed by atoms with Gasteiger partial charge in [-0.2, -0.15) is 13.2 Å². The minimum absolute atomic E-state index is 0.0725. The smallest absolute Gasteiger partial charge is 0.267 e. The predicted octanol–water partition coefficient (Wildman–Crippen LogP) is 5.91. The summed E-state index contributed by atoms with van der Waals surface area (Å²) in [5.74, 6) is 0. The summed E-state index contributed by atoms with van der Waals surface area (Å²) in [6, 6.07) is 3.82. The molecular formula is C18H9ClF5N3OS. The summed E-state index contributed by atoms with van der Waals surface area (Å²) < 4.78 is 66.2. The summed E-state index contributed by atoms with van der Waals surface area (Å²) in [4.78, 5) is 21.2. The Morgan fingerprint density at radius 2 is 1.93 bits per heavy atom. The predicted molar refractivity (Wildman–Crippen MR) is 100 cm³/mol. The standard InChI is InChI=1S/C18H9ClF5N3OS/c1-7-4-10(15(20)21)26-16-12(7)13-14(29-16)17(28)27(6-25-13)11-5-8(18(22,23)24)2-3-9(11)19/h2-6,15H,1H3. The van der Waals surface area contributed by atoms with E-state index >= 15 is 0 Å². The van der Waals surface area contributed by atoms with Crippen molar-refractivity contribution in [3.05, 3.63) is 62.8 Å². The second-order valence-electron chi connectivity index (χ2n) is 6.21. The fourth-order valence-electron chi connectivity index (χ4n) is 2.99. The number of aryl methyl sites for hydroxylation is 1. The van der Waals surface area contributed by atoms with E-state index in [1.807, 2.05) is 0 Å². The number of rotatable bonds is 2. The van der Waals surface area contributed by atoms with E-state index in [9.17, 15) is 26.7 Å². The summed E-state index contributed by atoms with van der Waals surface area (Å²) in [5.41, 5.74) is -1.53. The largest absolute Gasteiger partial charge is 0.416 e.